The van der Waals surface area contributed by atoms with Crippen LogP contribution in [0.15, 0.2) is 24.3 Å². The Hall–Kier alpha value is -2.04. The van der Waals surface area contributed by atoms with Gasteiger partial charge < -0.3 is 15.2 Å². The fraction of sp³-hybridized carbons (Fsp3) is 0.500. The van der Waals surface area contributed by atoms with E-state index in [1.54, 1.807) is 6.92 Å². The van der Waals surface area contributed by atoms with Gasteiger partial charge in [0.05, 0.1) is 13.0 Å². The number of rotatable bonds is 7. The Morgan fingerprint density at radius 3 is 2.62 bits per heavy atom. The molecule has 1 aliphatic rings. The smallest absolute Gasteiger partial charge is 0.329 e. The van der Waals surface area contributed by atoms with Crippen molar-refractivity contribution in [2.45, 2.75) is 38.6 Å². The Bertz CT molecular complexity index is 539. The zero-order valence-electron chi connectivity index (χ0n) is 12.4. The van der Waals surface area contributed by atoms with E-state index in [1.807, 2.05) is 31.2 Å². The lowest BCUT2D eigenvalue weighted by Gasteiger charge is -2.26. The molecule has 2 rings (SSSR count). The van der Waals surface area contributed by atoms with Crippen molar-refractivity contribution in [3.8, 4) is 5.75 Å². The number of hydrogen-bond acceptors (Lipinski definition) is 3. The molecule has 0 saturated heterocycles. The van der Waals surface area contributed by atoms with Gasteiger partial charge in [-0.1, -0.05) is 18.2 Å². The number of aliphatic carboxylic acids is 1. The van der Waals surface area contributed by atoms with E-state index in [1.165, 1.54) is 0 Å². The monoisotopic (exact) mass is 291 g/mol. The SMILES string of the molecule is Cc1ccccc1OCCC(=O)NC(C)(C(=O)O)C1CC1. The topological polar surface area (TPSA) is 75.6 Å². The maximum atomic E-state index is 11.9. The fourth-order valence-electron chi connectivity index (χ4n) is 2.32. The van der Waals surface area contributed by atoms with Crippen molar-refractivity contribution in [3.63, 3.8) is 0 Å². The van der Waals surface area contributed by atoms with Gasteiger partial charge in [0.1, 0.15) is 11.3 Å². The van der Waals surface area contributed by atoms with Crippen LogP contribution in [0.5, 0.6) is 5.75 Å². The van der Waals surface area contributed by atoms with E-state index in [-0.39, 0.29) is 24.9 Å². The second-order valence-electron chi connectivity index (χ2n) is 5.69. The Kier molecular flexibility index (Phi) is 4.50. The van der Waals surface area contributed by atoms with Gasteiger partial charge in [-0.25, -0.2) is 4.79 Å². The van der Waals surface area contributed by atoms with Gasteiger partial charge in [0.25, 0.3) is 0 Å². The van der Waals surface area contributed by atoms with Crippen LogP contribution in [0.25, 0.3) is 0 Å². The van der Waals surface area contributed by atoms with E-state index < -0.39 is 11.5 Å². The number of carboxylic acid groups (broad SMARTS) is 1. The molecule has 1 aliphatic carbocycles. The van der Waals surface area contributed by atoms with Crippen LogP contribution in [0, 0.1) is 12.8 Å². The number of nitrogens with one attached hydrogen (secondary N) is 1. The van der Waals surface area contributed by atoms with Crippen LogP contribution in [-0.2, 0) is 9.59 Å². The van der Waals surface area contributed by atoms with Crippen molar-refractivity contribution in [1.82, 2.24) is 5.32 Å². The first kappa shape index (κ1) is 15.4. The number of ether oxygens (including phenoxy) is 1. The standard InChI is InChI=1S/C16H21NO4/c1-11-5-3-4-6-13(11)21-10-9-14(18)17-16(2,15(19)20)12-7-8-12/h3-6,12H,7-10H2,1-2H3,(H,17,18)(H,19,20). The fourth-order valence-corrected chi connectivity index (χ4v) is 2.32. The third-order valence-corrected chi connectivity index (χ3v) is 3.92. The first-order valence-electron chi connectivity index (χ1n) is 7.16. The summed E-state index contributed by atoms with van der Waals surface area (Å²) in [5.41, 5.74) is -0.147. The number of benzene rings is 1. The molecule has 0 radical (unpaired) electrons. The zero-order valence-corrected chi connectivity index (χ0v) is 12.4. The molecule has 2 N–H and O–H groups in total. The highest BCUT2D eigenvalue weighted by molar-refractivity contribution is 5.87. The van der Waals surface area contributed by atoms with Crippen molar-refractivity contribution >= 4 is 11.9 Å². The normalized spacial score (nSPS) is 16.9. The molecule has 0 aromatic heterocycles. The van der Waals surface area contributed by atoms with Gasteiger partial charge in [0, 0.05) is 0 Å². The van der Waals surface area contributed by atoms with Crippen molar-refractivity contribution in [2.75, 3.05) is 6.61 Å². The van der Waals surface area contributed by atoms with Gasteiger partial charge in [0.15, 0.2) is 0 Å². The Morgan fingerprint density at radius 2 is 2.05 bits per heavy atom. The van der Waals surface area contributed by atoms with E-state index >= 15 is 0 Å². The van der Waals surface area contributed by atoms with Crippen LogP contribution in [0.1, 0.15) is 31.7 Å². The maximum Gasteiger partial charge on any atom is 0.329 e. The van der Waals surface area contributed by atoms with Crippen LogP contribution in [0.2, 0.25) is 0 Å². The van der Waals surface area contributed by atoms with Gasteiger partial charge in [-0.3, -0.25) is 4.79 Å². The zero-order chi connectivity index (χ0) is 15.5. The lowest BCUT2D eigenvalue weighted by Crippen LogP contribution is -2.54. The molecule has 5 heteroatoms. The molecule has 1 saturated carbocycles. The van der Waals surface area contributed by atoms with E-state index in [0.717, 1.165) is 24.2 Å². The number of hydrogen-bond donors (Lipinski definition) is 2. The van der Waals surface area contributed by atoms with Gasteiger partial charge in [0.2, 0.25) is 5.91 Å². The van der Waals surface area contributed by atoms with E-state index in [0.29, 0.717) is 0 Å². The molecule has 1 fully saturated rings. The summed E-state index contributed by atoms with van der Waals surface area (Å²) in [7, 11) is 0. The minimum Gasteiger partial charge on any atom is -0.493 e. The molecule has 0 heterocycles. The predicted molar refractivity (Wildman–Crippen MR) is 78.2 cm³/mol. The number of carbonyl (C=O) groups excluding carboxylic acids is 1. The summed E-state index contributed by atoms with van der Waals surface area (Å²) in [6.07, 6.45) is 1.84. The molecular formula is C16H21NO4. The maximum absolute atomic E-state index is 11.9. The number of carboxylic acids is 1. The lowest BCUT2D eigenvalue weighted by atomic mass is 9.96. The molecule has 1 amide bonds. The number of carbonyl (C=O) groups is 2. The Morgan fingerprint density at radius 1 is 1.38 bits per heavy atom. The molecule has 1 aromatic rings. The Balaban J connectivity index is 1.82. The van der Waals surface area contributed by atoms with Crippen LogP contribution >= 0.6 is 0 Å². The quantitative estimate of drug-likeness (QED) is 0.807. The predicted octanol–water partition coefficient (Wildman–Crippen LogP) is 2.13. The highest BCUT2D eigenvalue weighted by Gasteiger charge is 2.48. The minimum atomic E-state index is -1.15. The summed E-state index contributed by atoms with van der Waals surface area (Å²) in [4.78, 5) is 23.2. The highest BCUT2D eigenvalue weighted by Crippen LogP contribution is 2.39. The first-order valence-corrected chi connectivity index (χ1v) is 7.16. The first-order chi connectivity index (χ1) is 9.93. The van der Waals surface area contributed by atoms with Gasteiger partial charge in [-0.05, 0) is 44.2 Å². The molecule has 5 nitrogen and oxygen atoms in total. The van der Waals surface area contributed by atoms with Crippen LogP contribution < -0.4 is 10.1 Å². The summed E-state index contributed by atoms with van der Waals surface area (Å²) in [5, 5.41) is 11.9. The minimum absolute atomic E-state index is 0.0382. The molecule has 21 heavy (non-hydrogen) atoms. The van der Waals surface area contributed by atoms with Gasteiger partial charge in [-0.2, -0.15) is 0 Å². The Labute approximate surface area is 124 Å². The summed E-state index contributed by atoms with van der Waals surface area (Å²) in [5.74, 6) is -0.483. The third-order valence-electron chi connectivity index (χ3n) is 3.92. The molecule has 0 spiro atoms. The molecule has 0 aliphatic heterocycles. The van der Waals surface area contributed by atoms with Crippen LogP contribution in [0.3, 0.4) is 0 Å². The number of aryl methyl sites for hydroxylation is 1. The van der Waals surface area contributed by atoms with Crippen molar-refractivity contribution in [1.29, 1.82) is 0 Å². The highest BCUT2D eigenvalue weighted by atomic mass is 16.5. The average molecular weight is 291 g/mol. The van der Waals surface area contributed by atoms with Crippen LogP contribution in [0.4, 0.5) is 0 Å². The molecule has 1 unspecified atom stereocenters. The van der Waals surface area contributed by atoms with Gasteiger partial charge >= 0.3 is 5.97 Å². The lowest BCUT2D eigenvalue weighted by molar-refractivity contribution is -0.148. The third kappa shape index (κ3) is 3.74. The van der Waals surface area contributed by atoms with Gasteiger partial charge in [-0.15, -0.1) is 0 Å². The summed E-state index contributed by atoms with van der Waals surface area (Å²) in [6.45, 7) is 3.74. The second kappa shape index (κ2) is 6.16. The number of para-hydroxylation sites is 1. The summed E-state index contributed by atoms with van der Waals surface area (Å²) < 4.78 is 5.55. The van der Waals surface area contributed by atoms with Crippen molar-refractivity contribution in [3.05, 3.63) is 29.8 Å². The number of amides is 1. The van der Waals surface area contributed by atoms with Crippen molar-refractivity contribution in [2.24, 2.45) is 5.92 Å². The summed E-state index contributed by atoms with van der Waals surface area (Å²) >= 11 is 0. The molecular weight excluding hydrogens is 270 g/mol. The molecule has 1 aromatic carbocycles. The molecule has 1 atom stereocenters. The van der Waals surface area contributed by atoms with Crippen LogP contribution in [-0.4, -0.2) is 29.1 Å². The average Bonchev–Trinajstić information content (AvgIpc) is 3.25. The summed E-state index contributed by atoms with van der Waals surface area (Å²) in [6, 6.07) is 7.57. The largest absolute Gasteiger partial charge is 0.493 e. The van der Waals surface area contributed by atoms with E-state index in [9.17, 15) is 14.7 Å². The van der Waals surface area contributed by atoms with E-state index in [4.69, 9.17) is 4.74 Å². The second-order valence-corrected chi connectivity index (χ2v) is 5.69. The van der Waals surface area contributed by atoms with E-state index in [2.05, 4.69) is 5.32 Å². The molecule has 114 valence electrons. The molecule has 0 bridgehead atoms. The van der Waals surface area contributed by atoms with Crippen molar-refractivity contribution < 1.29 is 19.4 Å².